The Bertz CT molecular complexity index is 414. The number of nitrogens with zero attached hydrogens (tertiary/aromatic N) is 2. The van der Waals surface area contributed by atoms with Gasteiger partial charge in [-0.2, -0.15) is 0 Å². The average molecular weight is 357 g/mol. The van der Waals surface area contributed by atoms with Crippen molar-refractivity contribution in [3.05, 3.63) is 11.1 Å². The van der Waals surface area contributed by atoms with Gasteiger partial charge in [-0.15, -0.1) is 36.2 Å². The largest absolute Gasteiger partial charge is 0.379 e. The fourth-order valence-electron chi connectivity index (χ4n) is 1.85. The van der Waals surface area contributed by atoms with Crippen molar-refractivity contribution in [1.82, 2.24) is 15.2 Å². The Labute approximate surface area is 141 Å². The molecule has 0 saturated carbocycles. The predicted molar refractivity (Wildman–Crippen MR) is 89.9 cm³/mol. The number of amides is 1. The molecule has 0 radical (unpaired) electrons. The second kappa shape index (κ2) is 11.2. The Morgan fingerprint density at radius 2 is 2.14 bits per heavy atom. The van der Waals surface area contributed by atoms with E-state index in [4.69, 9.17) is 4.74 Å². The number of nitrogens with one attached hydrogen (secondary N) is 2. The smallest absolute Gasteiger partial charge is 0.227 e. The molecule has 2 heterocycles. The molecule has 0 unspecified atom stereocenters. The van der Waals surface area contributed by atoms with Crippen LogP contribution in [-0.4, -0.2) is 55.7 Å². The molecule has 0 aliphatic carbocycles. The number of hydrogen-bond acceptors (Lipinski definition) is 6. The lowest BCUT2D eigenvalue weighted by Crippen LogP contribution is -2.35. The third-order valence-corrected chi connectivity index (χ3v) is 3.70. The van der Waals surface area contributed by atoms with Crippen LogP contribution in [0.15, 0.2) is 5.38 Å². The summed E-state index contributed by atoms with van der Waals surface area (Å²) >= 11 is 1.48. The van der Waals surface area contributed by atoms with Crippen molar-refractivity contribution in [2.24, 2.45) is 0 Å². The van der Waals surface area contributed by atoms with Crippen LogP contribution in [0.1, 0.15) is 12.1 Å². The first-order valence-electron chi connectivity index (χ1n) is 6.47. The van der Waals surface area contributed by atoms with E-state index in [0.717, 1.165) is 38.5 Å². The van der Waals surface area contributed by atoms with Gasteiger partial charge in [-0.1, -0.05) is 0 Å². The molecule has 0 bridgehead atoms. The van der Waals surface area contributed by atoms with Crippen LogP contribution in [0.2, 0.25) is 0 Å². The standard InChI is InChI=1S/C12H20N4O2S.2ClH/c1-13-3-2-11(17)15-12-14-10(9-19-12)8-16-4-6-18-7-5-16;;/h9,13H,2-8H2,1H3,(H,14,15,17);2*1H. The highest BCUT2D eigenvalue weighted by molar-refractivity contribution is 7.13. The molecule has 1 aliphatic heterocycles. The molecule has 1 aromatic heterocycles. The first-order chi connectivity index (χ1) is 9.28. The Balaban J connectivity index is 0.00000200. The minimum Gasteiger partial charge on any atom is -0.379 e. The van der Waals surface area contributed by atoms with Crippen LogP contribution < -0.4 is 10.6 Å². The normalized spacial score (nSPS) is 14.9. The zero-order chi connectivity index (χ0) is 13.5. The summed E-state index contributed by atoms with van der Waals surface area (Å²) < 4.78 is 5.31. The molecule has 1 amide bonds. The van der Waals surface area contributed by atoms with Gasteiger partial charge in [0, 0.05) is 38.0 Å². The Hall–Kier alpha value is -0.440. The molecule has 21 heavy (non-hydrogen) atoms. The van der Waals surface area contributed by atoms with E-state index in [9.17, 15) is 4.79 Å². The van der Waals surface area contributed by atoms with Gasteiger partial charge in [0.2, 0.25) is 5.91 Å². The lowest BCUT2D eigenvalue weighted by atomic mass is 10.3. The summed E-state index contributed by atoms with van der Waals surface area (Å²) in [6.45, 7) is 4.97. The second-order valence-corrected chi connectivity index (χ2v) is 5.29. The van der Waals surface area contributed by atoms with E-state index >= 15 is 0 Å². The summed E-state index contributed by atoms with van der Waals surface area (Å²) in [7, 11) is 1.83. The molecule has 0 aromatic carbocycles. The van der Waals surface area contributed by atoms with Crippen molar-refractivity contribution >= 4 is 47.2 Å². The summed E-state index contributed by atoms with van der Waals surface area (Å²) in [6, 6.07) is 0. The fourth-order valence-corrected chi connectivity index (χ4v) is 2.56. The number of carbonyl (C=O) groups excluding carboxylic acids is 1. The van der Waals surface area contributed by atoms with E-state index in [1.807, 2.05) is 12.4 Å². The number of hydrogen-bond donors (Lipinski definition) is 2. The number of morpholine rings is 1. The van der Waals surface area contributed by atoms with Gasteiger partial charge in [-0.3, -0.25) is 9.69 Å². The fraction of sp³-hybridized carbons (Fsp3) is 0.667. The molecule has 0 atom stereocenters. The lowest BCUT2D eigenvalue weighted by Gasteiger charge is -2.25. The molecule has 6 nitrogen and oxygen atoms in total. The topological polar surface area (TPSA) is 66.5 Å². The van der Waals surface area contributed by atoms with Crippen LogP contribution in [0.3, 0.4) is 0 Å². The molecule has 122 valence electrons. The first-order valence-corrected chi connectivity index (χ1v) is 7.35. The number of aromatic nitrogens is 1. The molecular weight excluding hydrogens is 335 g/mol. The van der Waals surface area contributed by atoms with Gasteiger partial charge < -0.3 is 15.4 Å². The van der Waals surface area contributed by atoms with Crippen molar-refractivity contribution in [1.29, 1.82) is 0 Å². The van der Waals surface area contributed by atoms with E-state index in [1.54, 1.807) is 0 Å². The SMILES string of the molecule is CNCCC(=O)Nc1nc(CN2CCOCC2)cs1.Cl.Cl. The molecular formula is C12H22Cl2N4O2S. The number of carbonyl (C=O) groups is 1. The summed E-state index contributed by atoms with van der Waals surface area (Å²) in [5.74, 6) is 0.00150. The van der Waals surface area contributed by atoms with E-state index in [0.29, 0.717) is 18.1 Å². The zero-order valence-electron chi connectivity index (χ0n) is 12.0. The molecule has 2 rings (SSSR count). The van der Waals surface area contributed by atoms with Gasteiger partial charge in [-0.25, -0.2) is 4.98 Å². The highest BCUT2D eigenvalue weighted by Gasteiger charge is 2.13. The minimum absolute atomic E-state index is 0. The molecule has 9 heteroatoms. The summed E-state index contributed by atoms with van der Waals surface area (Å²) in [5.41, 5.74) is 1.01. The number of halogens is 2. The van der Waals surface area contributed by atoms with E-state index in [-0.39, 0.29) is 30.7 Å². The highest BCUT2D eigenvalue weighted by atomic mass is 35.5. The van der Waals surface area contributed by atoms with E-state index in [1.165, 1.54) is 11.3 Å². The molecule has 1 aromatic rings. The van der Waals surface area contributed by atoms with Crippen molar-refractivity contribution in [2.75, 3.05) is 45.2 Å². The third kappa shape index (κ3) is 7.39. The van der Waals surface area contributed by atoms with Crippen LogP contribution in [0.25, 0.3) is 0 Å². The first kappa shape index (κ1) is 20.6. The summed E-state index contributed by atoms with van der Waals surface area (Å²) in [4.78, 5) is 18.3. The van der Waals surface area contributed by atoms with E-state index in [2.05, 4.69) is 20.5 Å². The van der Waals surface area contributed by atoms with Crippen molar-refractivity contribution in [3.8, 4) is 0 Å². The van der Waals surface area contributed by atoms with Crippen LogP contribution in [-0.2, 0) is 16.1 Å². The number of anilines is 1. The van der Waals surface area contributed by atoms with Crippen LogP contribution in [0, 0.1) is 0 Å². The monoisotopic (exact) mass is 356 g/mol. The zero-order valence-corrected chi connectivity index (χ0v) is 14.4. The van der Waals surface area contributed by atoms with Crippen LogP contribution in [0.5, 0.6) is 0 Å². The van der Waals surface area contributed by atoms with Crippen molar-refractivity contribution in [2.45, 2.75) is 13.0 Å². The third-order valence-electron chi connectivity index (χ3n) is 2.89. The maximum atomic E-state index is 11.6. The molecule has 0 spiro atoms. The molecule has 2 N–H and O–H groups in total. The van der Waals surface area contributed by atoms with E-state index < -0.39 is 0 Å². The number of thiazole rings is 1. The predicted octanol–water partition coefficient (Wildman–Crippen LogP) is 1.37. The Morgan fingerprint density at radius 3 is 2.81 bits per heavy atom. The second-order valence-electron chi connectivity index (χ2n) is 4.43. The average Bonchev–Trinajstić information content (AvgIpc) is 2.85. The van der Waals surface area contributed by atoms with Gasteiger partial charge in [0.1, 0.15) is 0 Å². The molecule has 1 fully saturated rings. The van der Waals surface area contributed by atoms with Gasteiger partial charge in [-0.05, 0) is 7.05 Å². The van der Waals surface area contributed by atoms with Crippen LogP contribution >= 0.6 is 36.2 Å². The van der Waals surface area contributed by atoms with Gasteiger partial charge in [0.05, 0.1) is 18.9 Å². The Kier molecular flexibility index (Phi) is 10.9. The van der Waals surface area contributed by atoms with Gasteiger partial charge in [0.25, 0.3) is 0 Å². The lowest BCUT2D eigenvalue weighted by molar-refractivity contribution is -0.116. The maximum Gasteiger partial charge on any atom is 0.227 e. The Morgan fingerprint density at radius 1 is 1.43 bits per heavy atom. The van der Waals surface area contributed by atoms with Crippen molar-refractivity contribution in [3.63, 3.8) is 0 Å². The number of ether oxygens (including phenoxy) is 1. The van der Waals surface area contributed by atoms with Gasteiger partial charge in [0.15, 0.2) is 5.13 Å². The maximum absolute atomic E-state index is 11.6. The summed E-state index contributed by atoms with van der Waals surface area (Å²) in [6.07, 6.45) is 0.467. The minimum atomic E-state index is 0. The molecule has 1 aliphatic rings. The molecule has 1 saturated heterocycles. The van der Waals surface area contributed by atoms with Gasteiger partial charge >= 0.3 is 0 Å². The number of rotatable bonds is 6. The van der Waals surface area contributed by atoms with Crippen LogP contribution in [0.4, 0.5) is 5.13 Å². The summed E-state index contributed by atoms with van der Waals surface area (Å²) in [5, 5.41) is 8.45. The quantitative estimate of drug-likeness (QED) is 0.805. The van der Waals surface area contributed by atoms with Crippen molar-refractivity contribution < 1.29 is 9.53 Å². The highest BCUT2D eigenvalue weighted by Crippen LogP contribution is 2.17.